The summed E-state index contributed by atoms with van der Waals surface area (Å²) in [5, 5.41) is 2.61. The first-order valence-corrected chi connectivity index (χ1v) is 7.33. The highest BCUT2D eigenvalue weighted by atomic mass is 16.2. The fourth-order valence-electron chi connectivity index (χ4n) is 3.22. The van der Waals surface area contributed by atoms with Crippen molar-refractivity contribution in [1.82, 2.24) is 5.32 Å². The van der Waals surface area contributed by atoms with E-state index in [1.165, 1.54) is 0 Å². The molecule has 1 heterocycles. The Balaban J connectivity index is 2.57. The Kier molecular flexibility index (Phi) is 4.32. The first kappa shape index (κ1) is 15.5. The highest BCUT2D eigenvalue weighted by Gasteiger charge is 2.38. The van der Waals surface area contributed by atoms with Gasteiger partial charge in [0.15, 0.2) is 0 Å². The Morgan fingerprint density at radius 2 is 2.05 bits per heavy atom. The Morgan fingerprint density at radius 3 is 2.57 bits per heavy atom. The number of nitrogens with one attached hydrogen (secondary N) is 1. The average Bonchev–Trinajstić information content (AvgIpc) is 2.48. The van der Waals surface area contributed by atoms with Crippen molar-refractivity contribution in [2.75, 3.05) is 11.9 Å². The minimum absolute atomic E-state index is 0.00884. The molecule has 1 aliphatic heterocycles. The fourth-order valence-corrected chi connectivity index (χ4v) is 3.22. The van der Waals surface area contributed by atoms with Gasteiger partial charge in [0.05, 0.1) is 0 Å². The molecule has 0 saturated heterocycles. The predicted octanol–water partition coefficient (Wildman–Crippen LogP) is 1.83. The molecule has 3 N–H and O–H groups in total. The third kappa shape index (κ3) is 2.53. The second-order valence-electron chi connectivity index (χ2n) is 5.60. The van der Waals surface area contributed by atoms with Crippen molar-refractivity contribution >= 4 is 17.5 Å². The molecule has 2 rings (SSSR count). The van der Waals surface area contributed by atoms with Crippen LogP contribution in [0.3, 0.4) is 0 Å². The lowest BCUT2D eigenvalue weighted by Crippen LogP contribution is -2.50. The maximum atomic E-state index is 12.1. The van der Waals surface area contributed by atoms with Crippen molar-refractivity contribution in [2.24, 2.45) is 11.7 Å². The number of amides is 2. The standard InChI is InChI=1S/C16H23N3O2/c1-5-13-9(2)15(17)12-8-11(16(21)18-4)6-7-14(12)19(13)10(3)20/h6-9,13,15H,5,17H2,1-4H3,(H,18,21)/t9-,13?,15+/m0/s1. The first-order valence-electron chi connectivity index (χ1n) is 7.33. The fraction of sp³-hybridized carbons (Fsp3) is 0.500. The summed E-state index contributed by atoms with van der Waals surface area (Å²) in [5.74, 6) is 0.00511. The molecule has 0 saturated carbocycles. The zero-order chi connectivity index (χ0) is 15.7. The van der Waals surface area contributed by atoms with Crippen LogP contribution in [-0.2, 0) is 4.79 Å². The van der Waals surface area contributed by atoms with Gasteiger partial charge in [-0.1, -0.05) is 13.8 Å². The van der Waals surface area contributed by atoms with E-state index in [9.17, 15) is 9.59 Å². The van der Waals surface area contributed by atoms with E-state index in [2.05, 4.69) is 19.2 Å². The van der Waals surface area contributed by atoms with E-state index in [0.29, 0.717) is 5.56 Å². The molecule has 3 atom stereocenters. The van der Waals surface area contributed by atoms with Crippen LogP contribution in [0, 0.1) is 5.92 Å². The van der Waals surface area contributed by atoms with E-state index in [0.717, 1.165) is 17.7 Å². The molecule has 0 aromatic heterocycles. The second kappa shape index (κ2) is 5.85. The van der Waals surface area contributed by atoms with Crippen LogP contribution >= 0.6 is 0 Å². The summed E-state index contributed by atoms with van der Waals surface area (Å²) < 4.78 is 0. The zero-order valence-corrected chi connectivity index (χ0v) is 13.0. The van der Waals surface area contributed by atoms with Crippen molar-refractivity contribution in [1.29, 1.82) is 0 Å². The molecule has 5 heteroatoms. The molecular formula is C16H23N3O2. The molecule has 0 radical (unpaired) electrons. The number of rotatable bonds is 2. The van der Waals surface area contributed by atoms with E-state index < -0.39 is 0 Å². The lowest BCUT2D eigenvalue weighted by molar-refractivity contribution is -0.117. The Hall–Kier alpha value is -1.88. The molecule has 21 heavy (non-hydrogen) atoms. The van der Waals surface area contributed by atoms with Crippen LogP contribution in [-0.4, -0.2) is 24.9 Å². The third-order valence-corrected chi connectivity index (χ3v) is 4.40. The quantitative estimate of drug-likeness (QED) is 0.872. The second-order valence-corrected chi connectivity index (χ2v) is 5.60. The van der Waals surface area contributed by atoms with Crippen LogP contribution in [0.1, 0.15) is 49.2 Å². The molecule has 0 fully saturated rings. The van der Waals surface area contributed by atoms with Crippen LogP contribution in [0.2, 0.25) is 0 Å². The van der Waals surface area contributed by atoms with Gasteiger partial charge in [-0.05, 0) is 36.1 Å². The number of hydrogen-bond acceptors (Lipinski definition) is 3. The smallest absolute Gasteiger partial charge is 0.251 e. The lowest BCUT2D eigenvalue weighted by atomic mass is 9.81. The molecule has 5 nitrogen and oxygen atoms in total. The highest BCUT2D eigenvalue weighted by Crippen LogP contribution is 2.40. The van der Waals surface area contributed by atoms with E-state index in [1.807, 2.05) is 11.0 Å². The number of anilines is 1. The normalized spacial score (nSPS) is 24.4. The molecule has 114 valence electrons. The van der Waals surface area contributed by atoms with Gasteiger partial charge in [0, 0.05) is 37.3 Å². The van der Waals surface area contributed by atoms with Crippen LogP contribution < -0.4 is 16.0 Å². The number of hydrogen-bond donors (Lipinski definition) is 2. The van der Waals surface area contributed by atoms with Gasteiger partial charge in [-0.25, -0.2) is 0 Å². The van der Waals surface area contributed by atoms with Gasteiger partial charge in [0.2, 0.25) is 5.91 Å². The van der Waals surface area contributed by atoms with Crippen molar-refractivity contribution in [2.45, 2.75) is 39.3 Å². The summed E-state index contributed by atoms with van der Waals surface area (Å²) in [6.45, 7) is 5.70. The first-order chi connectivity index (χ1) is 9.92. The topological polar surface area (TPSA) is 75.4 Å². The molecule has 0 bridgehead atoms. The van der Waals surface area contributed by atoms with Crippen LogP contribution in [0.5, 0.6) is 0 Å². The number of nitrogens with two attached hydrogens (primary N) is 1. The van der Waals surface area contributed by atoms with E-state index in [-0.39, 0.29) is 29.8 Å². The van der Waals surface area contributed by atoms with Crippen molar-refractivity contribution in [3.63, 3.8) is 0 Å². The maximum absolute atomic E-state index is 12.1. The minimum atomic E-state index is -0.176. The van der Waals surface area contributed by atoms with Crippen LogP contribution in [0.15, 0.2) is 18.2 Å². The van der Waals surface area contributed by atoms with Gasteiger partial charge in [0.25, 0.3) is 5.91 Å². The SMILES string of the molecule is CCC1[C@H](C)[C@@H](N)c2cc(C(=O)NC)ccc2N1C(C)=O. The molecule has 2 amide bonds. The third-order valence-electron chi connectivity index (χ3n) is 4.40. The summed E-state index contributed by atoms with van der Waals surface area (Å²) in [6.07, 6.45) is 0.852. The molecule has 1 aliphatic rings. The number of fused-ring (bicyclic) bond motifs is 1. The van der Waals surface area contributed by atoms with Gasteiger partial charge in [0.1, 0.15) is 0 Å². The van der Waals surface area contributed by atoms with Gasteiger partial charge >= 0.3 is 0 Å². The number of carbonyl (C=O) groups is 2. The lowest BCUT2D eigenvalue weighted by Gasteiger charge is -2.43. The van der Waals surface area contributed by atoms with Crippen LogP contribution in [0.25, 0.3) is 0 Å². The summed E-state index contributed by atoms with van der Waals surface area (Å²) in [5.41, 5.74) is 8.62. The Labute approximate surface area is 125 Å². The largest absolute Gasteiger partial charge is 0.355 e. The molecule has 1 unspecified atom stereocenters. The Bertz CT molecular complexity index is 571. The molecular weight excluding hydrogens is 266 g/mol. The van der Waals surface area contributed by atoms with Crippen molar-refractivity contribution < 1.29 is 9.59 Å². The maximum Gasteiger partial charge on any atom is 0.251 e. The molecule has 0 aliphatic carbocycles. The average molecular weight is 289 g/mol. The molecule has 1 aromatic carbocycles. The van der Waals surface area contributed by atoms with Crippen molar-refractivity contribution in [3.8, 4) is 0 Å². The molecule has 0 spiro atoms. The summed E-state index contributed by atoms with van der Waals surface area (Å²) in [4.78, 5) is 25.7. The van der Waals surface area contributed by atoms with E-state index in [4.69, 9.17) is 5.73 Å². The summed E-state index contributed by atoms with van der Waals surface area (Å²) >= 11 is 0. The summed E-state index contributed by atoms with van der Waals surface area (Å²) in [6, 6.07) is 5.29. The Morgan fingerprint density at radius 1 is 1.38 bits per heavy atom. The van der Waals surface area contributed by atoms with Gasteiger partial charge in [-0.3, -0.25) is 9.59 Å². The van der Waals surface area contributed by atoms with Gasteiger partial charge in [-0.2, -0.15) is 0 Å². The highest BCUT2D eigenvalue weighted by molar-refractivity contribution is 5.97. The molecule has 1 aromatic rings. The van der Waals surface area contributed by atoms with Crippen LogP contribution in [0.4, 0.5) is 5.69 Å². The summed E-state index contributed by atoms with van der Waals surface area (Å²) in [7, 11) is 1.60. The van der Waals surface area contributed by atoms with Gasteiger partial charge < -0.3 is 16.0 Å². The number of benzene rings is 1. The van der Waals surface area contributed by atoms with E-state index >= 15 is 0 Å². The van der Waals surface area contributed by atoms with Gasteiger partial charge in [-0.15, -0.1) is 0 Å². The predicted molar refractivity (Wildman–Crippen MR) is 83.2 cm³/mol. The van der Waals surface area contributed by atoms with E-state index in [1.54, 1.807) is 26.1 Å². The number of carbonyl (C=O) groups excluding carboxylic acids is 2. The number of nitrogens with zero attached hydrogens (tertiary/aromatic N) is 1. The van der Waals surface area contributed by atoms with Crippen molar-refractivity contribution in [3.05, 3.63) is 29.3 Å². The minimum Gasteiger partial charge on any atom is -0.355 e. The monoisotopic (exact) mass is 289 g/mol. The zero-order valence-electron chi connectivity index (χ0n) is 13.0.